The van der Waals surface area contributed by atoms with E-state index in [4.69, 9.17) is 9.47 Å². The standard InChI is InChI=1S/C18H15N3O4/c22-17(19-12-3-4-13-14(10-12)21-18(23)20-13)6-2-11-1-5-15-16(9-11)25-8-7-24-15/h1-6,9-10H,7-8H2,(H,19,22)(H2,20,21,23). The van der Waals surface area contributed by atoms with Crippen LogP contribution in [0.1, 0.15) is 5.56 Å². The fourth-order valence-electron chi connectivity index (χ4n) is 2.63. The minimum absolute atomic E-state index is 0.271. The third kappa shape index (κ3) is 3.25. The van der Waals surface area contributed by atoms with Crippen LogP contribution in [0.3, 0.4) is 0 Å². The Hall–Kier alpha value is -3.48. The molecule has 0 saturated carbocycles. The van der Waals surface area contributed by atoms with Crippen molar-refractivity contribution in [3.63, 3.8) is 0 Å². The largest absolute Gasteiger partial charge is 0.486 e. The first-order chi connectivity index (χ1) is 12.2. The van der Waals surface area contributed by atoms with Crippen LogP contribution in [0.5, 0.6) is 11.5 Å². The van der Waals surface area contributed by atoms with E-state index < -0.39 is 0 Å². The number of aromatic amines is 2. The zero-order chi connectivity index (χ0) is 17.2. The summed E-state index contributed by atoms with van der Waals surface area (Å²) in [5.74, 6) is 1.12. The summed E-state index contributed by atoms with van der Waals surface area (Å²) >= 11 is 0. The average molecular weight is 337 g/mol. The molecule has 7 heteroatoms. The Bertz CT molecular complexity index is 1030. The summed E-state index contributed by atoms with van der Waals surface area (Å²) in [5.41, 5.74) is 2.48. The number of amides is 1. The molecule has 3 N–H and O–H groups in total. The minimum Gasteiger partial charge on any atom is -0.486 e. The number of carbonyl (C=O) groups is 1. The Morgan fingerprint density at radius 1 is 1.00 bits per heavy atom. The third-order valence-corrected chi connectivity index (χ3v) is 3.78. The van der Waals surface area contributed by atoms with Crippen LogP contribution in [0.25, 0.3) is 17.1 Å². The molecule has 4 rings (SSSR count). The van der Waals surface area contributed by atoms with Crippen molar-refractivity contribution >= 4 is 28.7 Å². The van der Waals surface area contributed by atoms with E-state index in [-0.39, 0.29) is 11.6 Å². The van der Waals surface area contributed by atoms with Crippen LogP contribution in [0.4, 0.5) is 5.69 Å². The summed E-state index contributed by atoms with van der Waals surface area (Å²) in [6.45, 7) is 1.06. The van der Waals surface area contributed by atoms with Gasteiger partial charge in [-0.15, -0.1) is 0 Å². The molecule has 1 amide bonds. The van der Waals surface area contributed by atoms with Crippen LogP contribution in [-0.4, -0.2) is 29.1 Å². The molecule has 0 spiro atoms. The lowest BCUT2D eigenvalue weighted by atomic mass is 10.2. The molecule has 0 atom stereocenters. The summed E-state index contributed by atoms with van der Waals surface area (Å²) in [4.78, 5) is 28.6. The van der Waals surface area contributed by atoms with Crippen molar-refractivity contribution in [2.24, 2.45) is 0 Å². The number of benzene rings is 2. The number of fused-ring (bicyclic) bond motifs is 2. The number of carbonyl (C=O) groups excluding carboxylic acids is 1. The monoisotopic (exact) mass is 337 g/mol. The summed E-state index contributed by atoms with van der Waals surface area (Å²) in [6, 6.07) is 10.7. The van der Waals surface area contributed by atoms with Crippen molar-refractivity contribution in [3.05, 3.63) is 58.5 Å². The second-order valence-corrected chi connectivity index (χ2v) is 5.57. The topological polar surface area (TPSA) is 96.2 Å². The van der Waals surface area contributed by atoms with Crippen LogP contribution in [0.2, 0.25) is 0 Å². The van der Waals surface area contributed by atoms with Gasteiger partial charge in [-0.05, 0) is 42.0 Å². The Balaban J connectivity index is 1.47. The van der Waals surface area contributed by atoms with Crippen molar-refractivity contribution < 1.29 is 14.3 Å². The number of H-pyrrole nitrogens is 2. The van der Waals surface area contributed by atoms with Crippen LogP contribution in [0.15, 0.2) is 47.3 Å². The predicted molar refractivity (Wildman–Crippen MR) is 94.0 cm³/mol. The molecule has 126 valence electrons. The van der Waals surface area contributed by atoms with Crippen LogP contribution in [0, 0.1) is 0 Å². The number of ether oxygens (including phenoxy) is 2. The van der Waals surface area contributed by atoms with E-state index >= 15 is 0 Å². The van der Waals surface area contributed by atoms with Crippen molar-refractivity contribution in [3.8, 4) is 11.5 Å². The van der Waals surface area contributed by atoms with Gasteiger partial charge in [-0.25, -0.2) is 4.79 Å². The molecule has 3 aromatic rings. The zero-order valence-electron chi connectivity index (χ0n) is 13.2. The Labute approximate surface area is 142 Å². The first kappa shape index (κ1) is 15.1. The molecular formula is C18H15N3O4. The van der Waals surface area contributed by atoms with Gasteiger partial charge in [-0.2, -0.15) is 0 Å². The third-order valence-electron chi connectivity index (χ3n) is 3.78. The van der Waals surface area contributed by atoms with Crippen molar-refractivity contribution in [2.45, 2.75) is 0 Å². The first-order valence-corrected chi connectivity index (χ1v) is 7.78. The minimum atomic E-state index is -0.281. The molecule has 2 aromatic carbocycles. The second kappa shape index (κ2) is 6.20. The highest BCUT2D eigenvalue weighted by molar-refractivity contribution is 6.02. The molecule has 0 bridgehead atoms. The van der Waals surface area contributed by atoms with Gasteiger partial charge < -0.3 is 24.8 Å². The number of anilines is 1. The van der Waals surface area contributed by atoms with Gasteiger partial charge in [0.25, 0.3) is 0 Å². The highest BCUT2D eigenvalue weighted by Gasteiger charge is 2.10. The number of aromatic nitrogens is 2. The molecule has 0 saturated heterocycles. The summed E-state index contributed by atoms with van der Waals surface area (Å²) < 4.78 is 11.0. The molecule has 25 heavy (non-hydrogen) atoms. The average Bonchev–Trinajstić information content (AvgIpc) is 2.99. The normalized spacial score (nSPS) is 13.3. The number of rotatable bonds is 3. The van der Waals surface area contributed by atoms with E-state index in [2.05, 4.69) is 15.3 Å². The maximum Gasteiger partial charge on any atom is 0.323 e. The molecular weight excluding hydrogens is 322 g/mol. The van der Waals surface area contributed by atoms with E-state index in [1.54, 1.807) is 24.3 Å². The maximum absolute atomic E-state index is 12.1. The van der Waals surface area contributed by atoms with Gasteiger partial charge in [0.2, 0.25) is 5.91 Å². The molecule has 1 aliphatic rings. The molecule has 0 radical (unpaired) electrons. The van der Waals surface area contributed by atoms with E-state index in [0.29, 0.717) is 41.4 Å². The van der Waals surface area contributed by atoms with Crippen molar-refractivity contribution in [2.75, 3.05) is 18.5 Å². The molecule has 7 nitrogen and oxygen atoms in total. The van der Waals surface area contributed by atoms with E-state index in [1.807, 2.05) is 18.2 Å². The van der Waals surface area contributed by atoms with Crippen LogP contribution in [-0.2, 0) is 4.79 Å². The number of nitrogens with one attached hydrogen (secondary N) is 3. The lowest BCUT2D eigenvalue weighted by Gasteiger charge is -2.18. The summed E-state index contributed by atoms with van der Waals surface area (Å²) in [7, 11) is 0. The molecule has 0 fully saturated rings. The Kier molecular flexibility index (Phi) is 3.74. The molecule has 1 aromatic heterocycles. The van der Waals surface area contributed by atoms with Gasteiger partial charge in [0.05, 0.1) is 11.0 Å². The summed E-state index contributed by atoms with van der Waals surface area (Å²) in [5, 5.41) is 2.76. The fraction of sp³-hybridized carbons (Fsp3) is 0.111. The van der Waals surface area contributed by atoms with Gasteiger partial charge in [-0.3, -0.25) is 4.79 Å². The number of hydrogen-bond acceptors (Lipinski definition) is 4. The number of hydrogen-bond donors (Lipinski definition) is 3. The highest BCUT2D eigenvalue weighted by Crippen LogP contribution is 2.31. The second-order valence-electron chi connectivity index (χ2n) is 5.57. The highest BCUT2D eigenvalue weighted by atomic mass is 16.6. The van der Waals surface area contributed by atoms with Crippen LogP contribution < -0.4 is 20.5 Å². The first-order valence-electron chi connectivity index (χ1n) is 7.78. The van der Waals surface area contributed by atoms with E-state index in [0.717, 1.165) is 5.56 Å². The lowest BCUT2D eigenvalue weighted by Crippen LogP contribution is -2.15. The zero-order valence-corrected chi connectivity index (χ0v) is 13.2. The van der Waals surface area contributed by atoms with Gasteiger partial charge in [0.1, 0.15) is 13.2 Å². The quantitative estimate of drug-likeness (QED) is 0.639. The van der Waals surface area contributed by atoms with E-state index in [9.17, 15) is 9.59 Å². The lowest BCUT2D eigenvalue weighted by molar-refractivity contribution is -0.111. The van der Waals surface area contributed by atoms with Gasteiger partial charge in [-0.1, -0.05) is 6.07 Å². The summed E-state index contributed by atoms with van der Waals surface area (Å²) in [6.07, 6.45) is 3.14. The molecule has 1 aliphatic heterocycles. The Morgan fingerprint density at radius 2 is 1.80 bits per heavy atom. The van der Waals surface area contributed by atoms with Gasteiger partial charge >= 0.3 is 5.69 Å². The van der Waals surface area contributed by atoms with Crippen molar-refractivity contribution in [1.29, 1.82) is 0 Å². The molecule has 0 unspecified atom stereocenters. The molecule has 0 aliphatic carbocycles. The SMILES string of the molecule is O=C(C=Cc1ccc2c(c1)OCCO2)Nc1ccc2[nH]c(=O)[nH]c2c1. The van der Waals surface area contributed by atoms with Crippen molar-refractivity contribution in [1.82, 2.24) is 9.97 Å². The fourth-order valence-corrected chi connectivity index (χ4v) is 2.63. The number of imidazole rings is 1. The maximum atomic E-state index is 12.1. The Morgan fingerprint density at radius 3 is 2.68 bits per heavy atom. The van der Waals surface area contributed by atoms with Crippen LogP contribution >= 0.6 is 0 Å². The molecule has 2 heterocycles. The van der Waals surface area contributed by atoms with Gasteiger partial charge in [0, 0.05) is 11.8 Å². The predicted octanol–water partition coefficient (Wildman–Crippen LogP) is 2.28. The smallest absolute Gasteiger partial charge is 0.323 e. The van der Waals surface area contributed by atoms with Gasteiger partial charge in [0.15, 0.2) is 11.5 Å². The van der Waals surface area contributed by atoms with E-state index in [1.165, 1.54) is 6.08 Å².